The molecule has 5 rings (SSSR count). The molecule has 0 fully saturated rings. The maximum absolute atomic E-state index is 11.3. The molecule has 0 aliphatic rings. The predicted octanol–water partition coefficient (Wildman–Crippen LogP) is 5.47. The van der Waals surface area contributed by atoms with Crippen LogP contribution < -0.4 is 16.1 Å². The number of hydrogen-bond acceptors (Lipinski definition) is 10. The number of aromatic hydroxyl groups is 1. The summed E-state index contributed by atoms with van der Waals surface area (Å²) in [6, 6.07) is 26.5. The van der Waals surface area contributed by atoms with Gasteiger partial charge in [-0.05, 0) is 54.6 Å². The highest BCUT2D eigenvalue weighted by molar-refractivity contribution is 5.92. The fraction of sp³-hybridized carbons (Fsp3) is 0. The zero-order chi connectivity index (χ0) is 26.3. The van der Waals surface area contributed by atoms with Crippen molar-refractivity contribution in [3.63, 3.8) is 0 Å². The van der Waals surface area contributed by atoms with Crippen LogP contribution in [0.5, 0.6) is 5.75 Å². The van der Waals surface area contributed by atoms with E-state index in [4.69, 9.17) is 4.42 Å². The summed E-state index contributed by atoms with van der Waals surface area (Å²) in [5.74, 6) is 0.0624. The van der Waals surface area contributed by atoms with E-state index in [9.17, 15) is 15.0 Å². The number of carbonyl (C=O) groups is 1. The number of rotatable bonds is 9. The number of carboxylic acids is 1. The van der Waals surface area contributed by atoms with Crippen LogP contribution in [0.2, 0.25) is 0 Å². The fourth-order valence-electron chi connectivity index (χ4n) is 3.43. The quantitative estimate of drug-likeness (QED) is 0.128. The van der Waals surface area contributed by atoms with Crippen LogP contribution in [0.15, 0.2) is 101 Å². The van der Waals surface area contributed by atoms with Gasteiger partial charge in [0, 0.05) is 16.9 Å². The van der Waals surface area contributed by atoms with E-state index in [2.05, 4.69) is 36.1 Å². The Kier molecular flexibility index (Phi) is 6.89. The summed E-state index contributed by atoms with van der Waals surface area (Å²) in [5.41, 5.74) is 4.68. The Hall–Kier alpha value is -5.71. The predicted molar refractivity (Wildman–Crippen MR) is 143 cm³/mol. The first-order valence-corrected chi connectivity index (χ1v) is 11.4. The molecule has 38 heavy (non-hydrogen) atoms. The van der Waals surface area contributed by atoms with Crippen LogP contribution in [0, 0.1) is 0 Å². The van der Waals surface area contributed by atoms with Crippen LogP contribution in [0.4, 0.5) is 29.2 Å². The summed E-state index contributed by atoms with van der Waals surface area (Å²) in [4.78, 5) is 24.5. The standard InChI is InChI=1S/C27H21N7O4/c35-22-13-11-17(15-21(22)24(36)37)23-14-12-20(38-23)16-28-34-27-32-25(29-18-7-3-1-4-8-18)31-26(33-27)30-19-9-5-2-6-10-19/h1-16,35H,(H,36,37)(H3,29,30,31,32,33,34)/b28-16+. The van der Waals surface area contributed by atoms with E-state index in [0.717, 1.165) is 11.4 Å². The lowest BCUT2D eigenvalue weighted by Crippen LogP contribution is -2.07. The summed E-state index contributed by atoms with van der Waals surface area (Å²) < 4.78 is 5.75. The lowest BCUT2D eigenvalue weighted by Gasteiger charge is -2.10. The lowest BCUT2D eigenvalue weighted by molar-refractivity contribution is 0.0694. The lowest BCUT2D eigenvalue weighted by atomic mass is 10.1. The number of nitrogens with zero attached hydrogens (tertiary/aromatic N) is 4. The van der Waals surface area contributed by atoms with Crippen LogP contribution in [0.3, 0.4) is 0 Å². The topological polar surface area (TPSA) is 158 Å². The van der Waals surface area contributed by atoms with Gasteiger partial charge >= 0.3 is 5.97 Å². The van der Waals surface area contributed by atoms with Crippen LogP contribution in [0.25, 0.3) is 11.3 Å². The van der Waals surface area contributed by atoms with Crippen LogP contribution >= 0.6 is 0 Å². The molecule has 0 aliphatic heterocycles. The molecule has 5 aromatic rings. The number of hydrogen-bond donors (Lipinski definition) is 5. The minimum Gasteiger partial charge on any atom is -0.507 e. The highest BCUT2D eigenvalue weighted by Crippen LogP contribution is 2.27. The van der Waals surface area contributed by atoms with Crippen LogP contribution in [-0.2, 0) is 0 Å². The molecule has 0 spiro atoms. The number of phenols is 1. The van der Waals surface area contributed by atoms with Crippen molar-refractivity contribution in [1.82, 2.24) is 15.0 Å². The van der Waals surface area contributed by atoms with E-state index in [0.29, 0.717) is 29.0 Å². The minimum atomic E-state index is -1.23. The zero-order valence-corrected chi connectivity index (χ0v) is 19.7. The summed E-state index contributed by atoms with van der Waals surface area (Å²) >= 11 is 0. The molecule has 2 aromatic heterocycles. The summed E-state index contributed by atoms with van der Waals surface area (Å²) in [6.45, 7) is 0. The van der Waals surface area contributed by atoms with Gasteiger partial charge in [-0.2, -0.15) is 20.1 Å². The second-order valence-corrected chi connectivity index (χ2v) is 7.90. The molecule has 0 unspecified atom stereocenters. The third-order valence-corrected chi connectivity index (χ3v) is 5.19. The third kappa shape index (κ3) is 5.91. The largest absolute Gasteiger partial charge is 0.507 e. The third-order valence-electron chi connectivity index (χ3n) is 5.19. The first-order chi connectivity index (χ1) is 18.5. The number of nitrogens with one attached hydrogen (secondary N) is 3. The molecule has 11 heteroatoms. The molecule has 3 aromatic carbocycles. The monoisotopic (exact) mass is 507 g/mol. The minimum absolute atomic E-state index is 0.185. The summed E-state index contributed by atoms with van der Waals surface area (Å²) in [6.07, 6.45) is 1.43. The van der Waals surface area contributed by atoms with Gasteiger partial charge in [0.1, 0.15) is 22.8 Å². The molecule has 0 atom stereocenters. The van der Waals surface area contributed by atoms with Gasteiger partial charge in [0.15, 0.2) is 0 Å². The fourth-order valence-corrected chi connectivity index (χ4v) is 3.43. The highest BCUT2D eigenvalue weighted by Gasteiger charge is 2.13. The highest BCUT2D eigenvalue weighted by atomic mass is 16.4. The van der Waals surface area contributed by atoms with Gasteiger partial charge in [-0.25, -0.2) is 10.2 Å². The van der Waals surface area contributed by atoms with Crippen LogP contribution in [0.1, 0.15) is 16.1 Å². The van der Waals surface area contributed by atoms with Gasteiger partial charge in [-0.1, -0.05) is 36.4 Å². The van der Waals surface area contributed by atoms with Crippen molar-refractivity contribution in [2.75, 3.05) is 16.1 Å². The van der Waals surface area contributed by atoms with E-state index in [1.165, 1.54) is 18.3 Å². The first-order valence-electron chi connectivity index (χ1n) is 11.4. The van der Waals surface area contributed by atoms with E-state index in [1.54, 1.807) is 18.2 Å². The molecule has 0 saturated carbocycles. The van der Waals surface area contributed by atoms with Gasteiger partial charge in [-0.3, -0.25) is 0 Å². The Labute approximate surface area is 216 Å². The number of hydrazone groups is 1. The van der Waals surface area contributed by atoms with E-state index < -0.39 is 5.97 Å². The van der Waals surface area contributed by atoms with Crippen LogP contribution in [-0.4, -0.2) is 37.3 Å². The van der Waals surface area contributed by atoms with Gasteiger partial charge in [-0.15, -0.1) is 0 Å². The SMILES string of the molecule is O=C(O)c1cc(-c2ccc(/C=N/Nc3nc(Nc4ccccc4)nc(Nc4ccccc4)n3)o2)ccc1O. The van der Waals surface area contributed by atoms with Gasteiger partial charge in [0.25, 0.3) is 0 Å². The number of benzene rings is 3. The molecule has 188 valence electrons. The van der Waals surface area contributed by atoms with Gasteiger partial charge < -0.3 is 25.3 Å². The molecule has 0 radical (unpaired) electrons. The van der Waals surface area contributed by atoms with Crippen molar-refractivity contribution in [3.05, 3.63) is 102 Å². The average molecular weight is 508 g/mol. The average Bonchev–Trinajstić information content (AvgIpc) is 3.39. The molecule has 0 bridgehead atoms. The first kappa shape index (κ1) is 24.0. The van der Waals surface area contributed by atoms with E-state index in [1.807, 2.05) is 60.7 Å². The van der Waals surface area contributed by atoms with Crippen molar-refractivity contribution in [3.8, 4) is 17.1 Å². The smallest absolute Gasteiger partial charge is 0.339 e. The Morgan fingerprint density at radius 1 is 0.789 bits per heavy atom. The Bertz CT molecular complexity index is 1530. The number of para-hydroxylation sites is 2. The van der Waals surface area contributed by atoms with Gasteiger partial charge in [0.2, 0.25) is 17.8 Å². The molecule has 5 N–H and O–H groups in total. The number of carboxylic acid groups (broad SMARTS) is 1. The molecule has 0 amide bonds. The summed E-state index contributed by atoms with van der Waals surface area (Å²) in [5, 5.41) is 29.4. The summed E-state index contributed by atoms with van der Waals surface area (Å²) in [7, 11) is 0. The Balaban J connectivity index is 1.34. The molecule has 11 nitrogen and oxygen atoms in total. The molecular formula is C27H21N7O4. The maximum atomic E-state index is 11.3. The number of aromatic carboxylic acids is 1. The van der Waals surface area contributed by atoms with Gasteiger partial charge in [0.05, 0.1) is 6.21 Å². The van der Waals surface area contributed by atoms with Crippen molar-refractivity contribution < 1.29 is 19.4 Å². The molecule has 0 aliphatic carbocycles. The molecule has 2 heterocycles. The molecule has 0 saturated heterocycles. The number of aromatic nitrogens is 3. The normalized spacial score (nSPS) is 10.8. The van der Waals surface area contributed by atoms with Crippen molar-refractivity contribution in [1.29, 1.82) is 0 Å². The number of furan rings is 1. The number of anilines is 5. The van der Waals surface area contributed by atoms with Crippen molar-refractivity contribution >= 4 is 41.4 Å². The van der Waals surface area contributed by atoms with Crippen molar-refractivity contribution in [2.45, 2.75) is 0 Å². The maximum Gasteiger partial charge on any atom is 0.339 e. The van der Waals surface area contributed by atoms with E-state index >= 15 is 0 Å². The second-order valence-electron chi connectivity index (χ2n) is 7.90. The zero-order valence-electron chi connectivity index (χ0n) is 19.7. The molecular weight excluding hydrogens is 486 g/mol. The van der Waals surface area contributed by atoms with E-state index in [-0.39, 0.29) is 17.3 Å². The Morgan fingerprint density at radius 2 is 1.39 bits per heavy atom. The van der Waals surface area contributed by atoms with Crippen molar-refractivity contribution in [2.24, 2.45) is 5.10 Å². The Morgan fingerprint density at radius 3 is 2.00 bits per heavy atom. The second kappa shape index (κ2) is 10.9.